The van der Waals surface area contributed by atoms with Gasteiger partial charge in [0.2, 0.25) is 0 Å². The number of hydrogen-bond donors (Lipinski definition) is 3. The third-order valence-electron chi connectivity index (χ3n) is 5.84. The van der Waals surface area contributed by atoms with Gasteiger partial charge in [0, 0.05) is 56.5 Å². The minimum atomic E-state index is -0.224. The summed E-state index contributed by atoms with van der Waals surface area (Å²) in [6, 6.07) is 9.11. The van der Waals surface area contributed by atoms with Crippen molar-refractivity contribution in [1.29, 1.82) is 0 Å². The molecule has 0 bridgehead atoms. The van der Waals surface area contributed by atoms with Crippen LogP contribution in [-0.2, 0) is 13.0 Å². The van der Waals surface area contributed by atoms with Crippen LogP contribution in [-0.4, -0.2) is 42.6 Å². The summed E-state index contributed by atoms with van der Waals surface area (Å²) in [7, 11) is 1.77. The van der Waals surface area contributed by atoms with Gasteiger partial charge in [-0.15, -0.1) is 0 Å². The smallest absolute Gasteiger partial charge is 0.191 e. The predicted octanol–water partition coefficient (Wildman–Crippen LogP) is 3.99. The number of aliphatic imine (C=N–C) groups is 1. The molecule has 4 rings (SSSR count). The second-order valence-electron chi connectivity index (χ2n) is 8.03. The molecule has 0 unspecified atom stereocenters. The van der Waals surface area contributed by atoms with E-state index < -0.39 is 0 Å². The van der Waals surface area contributed by atoms with Crippen LogP contribution in [0.5, 0.6) is 0 Å². The molecule has 164 valence electrons. The average molecular weight is 423 g/mol. The van der Waals surface area contributed by atoms with Crippen LogP contribution in [0.15, 0.2) is 47.7 Å². The van der Waals surface area contributed by atoms with E-state index in [2.05, 4.69) is 42.6 Å². The van der Waals surface area contributed by atoms with E-state index in [0.717, 1.165) is 59.9 Å². The Kier molecular flexibility index (Phi) is 7.02. The molecular weight excluding hydrogens is 391 g/mol. The molecule has 0 radical (unpaired) electrons. The van der Waals surface area contributed by atoms with Crippen LogP contribution in [0.1, 0.15) is 36.8 Å². The Morgan fingerprint density at radius 3 is 2.71 bits per heavy atom. The number of H-pyrrole nitrogens is 1. The van der Waals surface area contributed by atoms with Gasteiger partial charge < -0.3 is 20.5 Å². The molecule has 1 aliphatic heterocycles. The maximum Gasteiger partial charge on any atom is 0.191 e. The van der Waals surface area contributed by atoms with Gasteiger partial charge in [-0.25, -0.2) is 9.37 Å². The third-order valence-corrected chi connectivity index (χ3v) is 5.84. The Morgan fingerprint density at radius 1 is 1.13 bits per heavy atom. The average Bonchev–Trinajstić information content (AvgIpc) is 2.99. The van der Waals surface area contributed by atoms with E-state index in [9.17, 15) is 4.39 Å². The summed E-state index contributed by atoms with van der Waals surface area (Å²) in [5.41, 5.74) is 3.11. The molecule has 0 amide bonds. The highest BCUT2D eigenvalue weighted by molar-refractivity contribution is 5.83. The van der Waals surface area contributed by atoms with Crippen LogP contribution in [0.4, 0.5) is 10.2 Å². The summed E-state index contributed by atoms with van der Waals surface area (Å²) >= 11 is 0. The van der Waals surface area contributed by atoms with Gasteiger partial charge in [-0.2, -0.15) is 0 Å². The molecule has 6 nitrogen and oxygen atoms in total. The second kappa shape index (κ2) is 10.3. The molecule has 3 aromatic rings. The molecule has 7 heteroatoms. The molecule has 31 heavy (non-hydrogen) atoms. The molecule has 3 heterocycles. The number of guanidine groups is 1. The molecule has 0 spiro atoms. The zero-order chi connectivity index (χ0) is 21.5. The van der Waals surface area contributed by atoms with Crippen LogP contribution in [0.25, 0.3) is 10.9 Å². The Morgan fingerprint density at radius 2 is 1.97 bits per heavy atom. The van der Waals surface area contributed by atoms with E-state index in [0.29, 0.717) is 6.54 Å². The number of hydrogen-bond acceptors (Lipinski definition) is 3. The number of nitrogens with one attached hydrogen (secondary N) is 3. The molecular formula is C24H31FN6. The fraction of sp³-hybridized carbons (Fsp3) is 0.417. The number of rotatable bonds is 6. The van der Waals surface area contributed by atoms with Crippen LogP contribution < -0.4 is 15.5 Å². The fourth-order valence-electron chi connectivity index (χ4n) is 4.10. The fourth-order valence-corrected chi connectivity index (χ4v) is 4.10. The minimum absolute atomic E-state index is 0.224. The molecule has 3 N–H and O–H groups in total. The predicted molar refractivity (Wildman–Crippen MR) is 125 cm³/mol. The lowest BCUT2D eigenvalue weighted by atomic mass is 10.1. The molecule has 1 aliphatic rings. The number of aromatic amines is 1. The molecule has 1 aromatic carbocycles. The van der Waals surface area contributed by atoms with E-state index in [1.807, 2.05) is 18.5 Å². The first-order chi connectivity index (χ1) is 15.2. The first kappa shape index (κ1) is 21.2. The van der Waals surface area contributed by atoms with E-state index in [4.69, 9.17) is 0 Å². The third kappa shape index (κ3) is 5.54. The number of halogens is 1. The zero-order valence-corrected chi connectivity index (χ0v) is 18.1. The molecule has 0 saturated carbocycles. The number of fused-ring (bicyclic) bond motifs is 1. The summed E-state index contributed by atoms with van der Waals surface area (Å²) in [5, 5.41) is 7.75. The van der Waals surface area contributed by atoms with Crippen molar-refractivity contribution < 1.29 is 4.39 Å². The van der Waals surface area contributed by atoms with Crippen LogP contribution >= 0.6 is 0 Å². The second-order valence-corrected chi connectivity index (χ2v) is 8.03. The number of anilines is 1. The van der Waals surface area contributed by atoms with Crippen molar-refractivity contribution >= 4 is 22.7 Å². The van der Waals surface area contributed by atoms with E-state index in [1.165, 1.54) is 37.8 Å². The maximum atomic E-state index is 13.3. The van der Waals surface area contributed by atoms with Crippen molar-refractivity contribution in [3.8, 4) is 0 Å². The Balaban J connectivity index is 1.25. The molecule has 2 aromatic heterocycles. The zero-order valence-electron chi connectivity index (χ0n) is 18.1. The monoisotopic (exact) mass is 422 g/mol. The van der Waals surface area contributed by atoms with Crippen LogP contribution in [0.3, 0.4) is 0 Å². The van der Waals surface area contributed by atoms with Gasteiger partial charge in [-0.1, -0.05) is 18.9 Å². The van der Waals surface area contributed by atoms with Crippen molar-refractivity contribution in [2.45, 2.75) is 38.6 Å². The van der Waals surface area contributed by atoms with E-state index in [1.54, 1.807) is 7.05 Å². The van der Waals surface area contributed by atoms with Gasteiger partial charge in [0.15, 0.2) is 5.96 Å². The summed E-state index contributed by atoms with van der Waals surface area (Å²) in [5.74, 6) is 1.60. The number of benzene rings is 1. The Hall–Kier alpha value is -3.09. The highest BCUT2D eigenvalue weighted by Crippen LogP contribution is 2.19. The summed E-state index contributed by atoms with van der Waals surface area (Å²) < 4.78 is 13.3. The van der Waals surface area contributed by atoms with Crippen molar-refractivity contribution in [1.82, 2.24) is 20.6 Å². The summed E-state index contributed by atoms with van der Waals surface area (Å²) in [6.45, 7) is 3.61. The largest absolute Gasteiger partial charge is 0.361 e. The van der Waals surface area contributed by atoms with E-state index in [-0.39, 0.29) is 5.82 Å². The first-order valence-corrected chi connectivity index (χ1v) is 11.1. The lowest BCUT2D eigenvalue weighted by Gasteiger charge is -2.21. The molecule has 0 atom stereocenters. The molecule has 1 saturated heterocycles. The summed E-state index contributed by atoms with van der Waals surface area (Å²) in [4.78, 5) is 14.5. The molecule has 1 fully saturated rings. The topological polar surface area (TPSA) is 68.3 Å². The van der Waals surface area contributed by atoms with Gasteiger partial charge in [-0.05, 0) is 54.7 Å². The van der Waals surface area contributed by atoms with Gasteiger partial charge in [0.1, 0.15) is 11.6 Å². The summed E-state index contributed by atoms with van der Waals surface area (Å²) in [6.07, 6.45) is 9.86. The molecule has 0 aliphatic carbocycles. The SMILES string of the molecule is CN=C(NCCc1c[nH]c2cc(F)ccc12)NCc1ccc(N2CCCCCC2)nc1. The van der Waals surface area contributed by atoms with Crippen molar-refractivity contribution in [3.63, 3.8) is 0 Å². The van der Waals surface area contributed by atoms with Gasteiger partial charge >= 0.3 is 0 Å². The van der Waals surface area contributed by atoms with Crippen LogP contribution in [0, 0.1) is 5.82 Å². The lowest BCUT2D eigenvalue weighted by Crippen LogP contribution is -2.37. The normalized spacial score (nSPS) is 15.2. The lowest BCUT2D eigenvalue weighted by molar-refractivity contribution is 0.629. The van der Waals surface area contributed by atoms with Gasteiger partial charge in [0.25, 0.3) is 0 Å². The highest BCUT2D eigenvalue weighted by atomic mass is 19.1. The Labute approximate surface area is 183 Å². The number of aromatic nitrogens is 2. The van der Waals surface area contributed by atoms with Crippen LogP contribution in [0.2, 0.25) is 0 Å². The standard InChI is InChI=1S/C24H31FN6/c1-26-24(27-11-10-19-17-28-22-14-20(25)7-8-21(19)22)30-16-18-6-9-23(29-15-18)31-12-4-2-3-5-13-31/h6-9,14-15,17,28H,2-5,10-13,16H2,1H3,(H2,26,27,30). The quantitative estimate of drug-likeness (QED) is 0.415. The van der Waals surface area contributed by atoms with Crippen molar-refractivity contribution in [3.05, 3.63) is 59.7 Å². The Bertz CT molecular complexity index is 1000. The van der Waals surface area contributed by atoms with Crippen molar-refractivity contribution in [2.24, 2.45) is 4.99 Å². The van der Waals surface area contributed by atoms with Crippen molar-refractivity contribution in [2.75, 3.05) is 31.6 Å². The first-order valence-electron chi connectivity index (χ1n) is 11.1. The van der Waals surface area contributed by atoms with Gasteiger partial charge in [0.05, 0.1) is 0 Å². The minimum Gasteiger partial charge on any atom is -0.361 e. The maximum absolute atomic E-state index is 13.3. The number of pyridine rings is 1. The van der Waals surface area contributed by atoms with E-state index >= 15 is 0 Å². The van der Waals surface area contributed by atoms with Gasteiger partial charge in [-0.3, -0.25) is 4.99 Å². The highest BCUT2D eigenvalue weighted by Gasteiger charge is 2.11. The number of nitrogens with zero attached hydrogens (tertiary/aromatic N) is 3.